The fourth-order valence-electron chi connectivity index (χ4n) is 2.19. The van der Waals surface area contributed by atoms with E-state index < -0.39 is 55.7 Å². The maximum Gasteiger partial charge on any atom is 1.00 e. The van der Waals surface area contributed by atoms with E-state index in [2.05, 4.69) is 0 Å². The van der Waals surface area contributed by atoms with Crippen LogP contribution >= 0.6 is 7.60 Å². The van der Waals surface area contributed by atoms with Gasteiger partial charge in [0.1, 0.15) is 18.3 Å². The van der Waals surface area contributed by atoms with Crippen LogP contribution < -0.4 is 80.2 Å². The van der Waals surface area contributed by atoms with E-state index in [1.165, 1.54) is 0 Å². The van der Waals surface area contributed by atoms with Gasteiger partial charge in [-0.3, -0.25) is 14.3 Å². The molecule has 0 aromatic carbocycles. The van der Waals surface area contributed by atoms with E-state index in [1.807, 2.05) is 4.98 Å². The standard InChI is InChI=1S/C10H15N2O9P.2Na/c13-4(3-22(18,19)20)8-6(15)7(16)9(21-8)12-2-1-5(14)11-10(12)17;;/h1-2,4,6-9,13,15-16H,3H2,(H,11,14,17)(H2,18,19,20);;/q;2*+1/p-2/t4-,6-,7-,8-,9-;;/m1../s1. The van der Waals surface area contributed by atoms with E-state index in [0.717, 1.165) is 16.8 Å². The number of H-pyrrole nitrogens is 1. The Bertz CT molecular complexity index is 704. The van der Waals surface area contributed by atoms with Gasteiger partial charge in [-0.2, -0.15) is 0 Å². The van der Waals surface area contributed by atoms with Crippen molar-refractivity contribution in [1.82, 2.24) is 9.55 Å². The van der Waals surface area contributed by atoms with E-state index >= 15 is 0 Å². The molecule has 0 bridgehead atoms. The van der Waals surface area contributed by atoms with Gasteiger partial charge < -0.3 is 34.4 Å². The Morgan fingerprint density at radius 1 is 1.29 bits per heavy atom. The summed E-state index contributed by atoms with van der Waals surface area (Å²) < 4.78 is 16.5. The van der Waals surface area contributed by atoms with Crippen molar-refractivity contribution in [2.24, 2.45) is 0 Å². The number of aromatic amines is 1. The molecule has 4 N–H and O–H groups in total. The molecule has 11 nitrogen and oxygen atoms in total. The third-order valence-electron chi connectivity index (χ3n) is 3.19. The molecule has 1 aromatic heterocycles. The van der Waals surface area contributed by atoms with Crippen LogP contribution in [0.4, 0.5) is 0 Å². The average molecular weight is 382 g/mol. The minimum atomic E-state index is -5.07. The normalized spacial score (nSPS) is 27.9. The zero-order valence-corrected chi connectivity index (χ0v) is 17.8. The van der Waals surface area contributed by atoms with Crippen molar-refractivity contribution in [1.29, 1.82) is 0 Å². The van der Waals surface area contributed by atoms with Crippen molar-refractivity contribution in [3.63, 3.8) is 0 Å². The quantitative estimate of drug-likeness (QED) is 0.289. The SMILES string of the molecule is O=c1ccn([C@@H]2O[C@H]([C@H](O)CP(=O)([O-])[O-])[C@H](O)[C@H]2O)c(=O)[nH]1.[Na+].[Na+]. The predicted octanol–water partition coefficient (Wildman–Crippen LogP) is -10.6. The largest absolute Gasteiger partial charge is 1.00 e. The monoisotopic (exact) mass is 382 g/mol. The fourth-order valence-corrected chi connectivity index (χ4v) is 2.86. The maximum absolute atomic E-state index is 11.6. The topological polar surface area (TPSA) is 188 Å². The first-order valence-electron chi connectivity index (χ1n) is 6.12. The Hall–Kier alpha value is 0.670. The number of aliphatic hydroxyl groups is 3. The van der Waals surface area contributed by atoms with Gasteiger partial charge in [0.05, 0.1) is 6.10 Å². The molecule has 0 saturated carbocycles. The van der Waals surface area contributed by atoms with Crippen LogP contribution in [0, 0.1) is 0 Å². The number of hydrogen-bond donors (Lipinski definition) is 4. The Morgan fingerprint density at radius 3 is 2.38 bits per heavy atom. The number of rotatable bonds is 4. The number of nitrogens with one attached hydrogen (secondary N) is 1. The van der Waals surface area contributed by atoms with E-state index in [0.29, 0.717) is 0 Å². The first-order valence-corrected chi connectivity index (χ1v) is 7.85. The van der Waals surface area contributed by atoms with E-state index in [4.69, 9.17) is 4.74 Å². The van der Waals surface area contributed by atoms with Crippen LogP contribution in [0.25, 0.3) is 0 Å². The summed E-state index contributed by atoms with van der Waals surface area (Å²) in [5.41, 5.74) is -1.62. The van der Waals surface area contributed by atoms with Crippen molar-refractivity contribution in [3.8, 4) is 0 Å². The molecule has 0 amide bonds. The predicted molar refractivity (Wildman–Crippen MR) is 65.7 cm³/mol. The van der Waals surface area contributed by atoms with E-state index in [9.17, 15) is 39.3 Å². The number of ether oxygens (including phenoxy) is 1. The van der Waals surface area contributed by atoms with Crippen LogP contribution in [0.15, 0.2) is 21.9 Å². The second-order valence-corrected chi connectivity index (χ2v) is 6.44. The summed E-state index contributed by atoms with van der Waals surface area (Å²) in [5.74, 6) is 0. The smallest absolute Gasteiger partial charge is 0.811 e. The van der Waals surface area contributed by atoms with Crippen LogP contribution in [0.2, 0.25) is 0 Å². The van der Waals surface area contributed by atoms with Gasteiger partial charge in [0.15, 0.2) is 6.23 Å². The van der Waals surface area contributed by atoms with Crippen molar-refractivity contribution >= 4 is 7.60 Å². The van der Waals surface area contributed by atoms with Gasteiger partial charge in [0, 0.05) is 18.4 Å². The van der Waals surface area contributed by atoms with Gasteiger partial charge in [-0.05, 0) is 0 Å². The van der Waals surface area contributed by atoms with Crippen molar-refractivity contribution < 1.29 is 93.5 Å². The molecule has 1 aliphatic rings. The molecule has 0 aliphatic carbocycles. The summed E-state index contributed by atoms with van der Waals surface area (Å²) in [5, 5.41) is 29.3. The number of aromatic nitrogens is 2. The van der Waals surface area contributed by atoms with Gasteiger partial charge in [-0.15, -0.1) is 0 Å². The molecule has 2 rings (SSSR count). The molecular formula is C10H13N2Na2O9P. The fraction of sp³-hybridized carbons (Fsp3) is 0.600. The Balaban J connectivity index is 0.00000264. The molecule has 24 heavy (non-hydrogen) atoms. The molecular weight excluding hydrogens is 369 g/mol. The van der Waals surface area contributed by atoms with Crippen LogP contribution in [-0.2, 0) is 9.30 Å². The van der Waals surface area contributed by atoms with Crippen LogP contribution in [-0.4, -0.2) is 55.4 Å². The van der Waals surface area contributed by atoms with Gasteiger partial charge in [0.25, 0.3) is 5.56 Å². The van der Waals surface area contributed by atoms with Crippen molar-refractivity contribution in [2.45, 2.75) is 30.6 Å². The van der Waals surface area contributed by atoms with Crippen LogP contribution in [0.1, 0.15) is 6.23 Å². The van der Waals surface area contributed by atoms with Gasteiger partial charge in [-0.1, -0.05) is 7.60 Å². The van der Waals surface area contributed by atoms with Crippen molar-refractivity contribution in [3.05, 3.63) is 33.1 Å². The van der Waals surface area contributed by atoms with E-state index in [-0.39, 0.29) is 59.1 Å². The minimum Gasteiger partial charge on any atom is -0.811 e. The first-order chi connectivity index (χ1) is 10.1. The summed E-state index contributed by atoms with van der Waals surface area (Å²) in [4.78, 5) is 45.8. The molecule has 124 valence electrons. The molecule has 0 radical (unpaired) electrons. The molecule has 1 fully saturated rings. The molecule has 1 aliphatic heterocycles. The maximum atomic E-state index is 11.6. The molecule has 1 aromatic rings. The minimum absolute atomic E-state index is 0. The second-order valence-electron chi connectivity index (χ2n) is 4.85. The van der Waals surface area contributed by atoms with Crippen LogP contribution in [0.3, 0.4) is 0 Å². The number of aliphatic hydroxyl groups excluding tert-OH is 3. The van der Waals surface area contributed by atoms with E-state index in [1.54, 1.807) is 0 Å². The van der Waals surface area contributed by atoms with Gasteiger partial charge in [0.2, 0.25) is 0 Å². The molecule has 0 unspecified atom stereocenters. The summed E-state index contributed by atoms with van der Waals surface area (Å²) in [6.07, 6.45) is -8.54. The zero-order chi connectivity index (χ0) is 16.7. The van der Waals surface area contributed by atoms with Gasteiger partial charge in [-0.25, -0.2) is 4.79 Å². The third kappa shape index (κ3) is 5.85. The van der Waals surface area contributed by atoms with Gasteiger partial charge >= 0.3 is 64.8 Å². The molecule has 0 spiro atoms. The first kappa shape index (κ1) is 24.7. The number of hydrogen-bond acceptors (Lipinski definition) is 9. The Morgan fingerprint density at radius 2 is 1.88 bits per heavy atom. The molecule has 5 atom stereocenters. The zero-order valence-electron chi connectivity index (χ0n) is 12.9. The average Bonchev–Trinajstić information content (AvgIpc) is 2.65. The molecule has 14 heteroatoms. The van der Waals surface area contributed by atoms with Crippen LogP contribution in [0.5, 0.6) is 0 Å². The molecule has 2 heterocycles. The van der Waals surface area contributed by atoms with Crippen molar-refractivity contribution in [2.75, 3.05) is 6.16 Å². The third-order valence-corrected chi connectivity index (χ3v) is 4.01. The number of nitrogens with zero attached hydrogens (tertiary/aromatic N) is 1. The molecule has 1 saturated heterocycles. The Labute approximate surface area is 179 Å². The second kappa shape index (κ2) is 9.56. The summed E-state index contributed by atoms with van der Waals surface area (Å²) in [6, 6.07) is 0.969. The summed E-state index contributed by atoms with van der Waals surface area (Å²) in [7, 11) is -5.07. The summed E-state index contributed by atoms with van der Waals surface area (Å²) >= 11 is 0. The Kier molecular flexibility index (Phi) is 9.83. The summed E-state index contributed by atoms with van der Waals surface area (Å²) in [6.45, 7) is 0.